The second-order valence-electron chi connectivity index (χ2n) is 6.93. The minimum atomic E-state index is -3.60. The molecule has 2 unspecified atom stereocenters. The molecule has 1 aromatic rings. The van der Waals surface area contributed by atoms with Crippen molar-refractivity contribution in [2.45, 2.75) is 29.9 Å². The average molecular weight is 455 g/mol. The van der Waals surface area contributed by atoms with E-state index in [1.54, 1.807) is 18.2 Å². The molecule has 2 fully saturated rings. The number of sulfonamides is 1. The summed E-state index contributed by atoms with van der Waals surface area (Å²) >= 11 is 0. The zero-order valence-corrected chi connectivity index (χ0v) is 18.2. The first-order valence-corrected chi connectivity index (χ1v) is 10.3. The summed E-state index contributed by atoms with van der Waals surface area (Å²) in [5.41, 5.74) is 0.436. The van der Waals surface area contributed by atoms with Crippen LogP contribution >= 0.6 is 24.8 Å². The molecule has 1 amide bonds. The Kier molecular flexibility index (Phi) is 9.61. The highest BCUT2D eigenvalue weighted by Crippen LogP contribution is 2.21. The van der Waals surface area contributed by atoms with Crippen molar-refractivity contribution < 1.29 is 18.3 Å². The molecule has 2 aliphatic rings. The predicted octanol–water partition coefficient (Wildman–Crippen LogP) is 0.518. The van der Waals surface area contributed by atoms with Crippen molar-refractivity contribution in [3.8, 4) is 0 Å². The number of nitrogens with one attached hydrogen (secondary N) is 2. The summed E-state index contributed by atoms with van der Waals surface area (Å²) in [6, 6.07) is 5.87. The summed E-state index contributed by atoms with van der Waals surface area (Å²) in [7, 11) is -1.61. The van der Waals surface area contributed by atoms with Gasteiger partial charge >= 0.3 is 0 Å². The first kappa shape index (κ1) is 25.1. The second-order valence-corrected chi connectivity index (χ2v) is 8.87. The summed E-state index contributed by atoms with van der Waals surface area (Å²) in [5.74, 6) is -0.271. The molecule has 11 heteroatoms. The molecule has 0 aromatic heterocycles. The van der Waals surface area contributed by atoms with E-state index in [0.717, 1.165) is 13.0 Å². The topological polar surface area (TPSA) is 102 Å². The van der Waals surface area contributed by atoms with Gasteiger partial charge in [0.1, 0.15) is 0 Å². The summed E-state index contributed by atoms with van der Waals surface area (Å²) in [4.78, 5) is 14.6. The Morgan fingerprint density at radius 2 is 1.96 bits per heavy atom. The number of anilines is 1. The zero-order chi connectivity index (χ0) is 18.7. The minimum absolute atomic E-state index is 0. The van der Waals surface area contributed by atoms with Crippen LogP contribution in [0.5, 0.6) is 0 Å². The van der Waals surface area contributed by atoms with E-state index in [1.807, 2.05) is 7.05 Å². The molecule has 2 atom stereocenters. The molecular formula is C17H28Cl2N4O4S. The van der Waals surface area contributed by atoms with Gasteiger partial charge in [0.2, 0.25) is 15.9 Å². The first-order valence-electron chi connectivity index (χ1n) is 8.87. The fourth-order valence-corrected chi connectivity index (χ4v) is 4.81. The highest BCUT2D eigenvalue weighted by atomic mass is 35.5. The molecule has 2 heterocycles. The van der Waals surface area contributed by atoms with Crippen LogP contribution in [-0.2, 0) is 14.8 Å². The smallest absolute Gasteiger partial charge is 0.243 e. The number of carbonyl (C=O) groups is 1. The van der Waals surface area contributed by atoms with Gasteiger partial charge < -0.3 is 20.6 Å². The summed E-state index contributed by atoms with van der Waals surface area (Å²) in [6.07, 6.45) is 0.617. The van der Waals surface area contributed by atoms with Gasteiger partial charge in [-0.05, 0) is 44.6 Å². The van der Waals surface area contributed by atoms with Crippen molar-refractivity contribution in [3.63, 3.8) is 0 Å². The molecule has 3 rings (SSSR count). The van der Waals surface area contributed by atoms with Crippen LogP contribution in [0.15, 0.2) is 29.2 Å². The normalized spacial score (nSPS) is 23.9. The van der Waals surface area contributed by atoms with E-state index < -0.39 is 22.2 Å². The lowest BCUT2D eigenvalue weighted by atomic mass is 10.2. The molecule has 8 nitrogen and oxygen atoms in total. The van der Waals surface area contributed by atoms with Gasteiger partial charge in [-0.25, -0.2) is 8.42 Å². The van der Waals surface area contributed by atoms with Crippen LogP contribution in [0.3, 0.4) is 0 Å². The predicted molar refractivity (Wildman–Crippen MR) is 113 cm³/mol. The maximum atomic E-state index is 12.9. The molecule has 160 valence electrons. The Hall–Kier alpha value is -0.940. The molecular weight excluding hydrogens is 427 g/mol. The van der Waals surface area contributed by atoms with E-state index in [2.05, 4.69) is 15.5 Å². The molecule has 3 N–H and O–H groups in total. The quantitative estimate of drug-likeness (QED) is 0.612. The Labute approximate surface area is 178 Å². The Morgan fingerprint density at radius 1 is 1.21 bits per heavy atom. The van der Waals surface area contributed by atoms with E-state index in [9.17, 15) is 18.3 Å². The van der Waals surface area contributed by atoms with Crippen molar-refractivity contribution >= 4 is 46.4 Å². The molecule has 0 radical (unpaired) electrons. The number of rotatable bonds is 4. The SMILES string of the molecule is CN1CCCN(S(=O)(=O)c2cccc(NC(=O)C3CC(O)CN3)c2)CC1.Cl.Cl. The molecule has 2 aliphatic heterocycles. The van der Waals surface area contributed by atoms with Gasteiger partial charge in [0.05, 0.1) is 17.0 Å². The van der Waals surface area contributed by atoms with Crippen LogP contribution < -0.4 is 10.6 Å². The lowest BCUT2D eigenvalue weighted by molar-refractivity contribution is -0.117. The van der Waals surface area contributed by atoms with Gasteiger partial charge in [-0.15, -0.1) is 24.8 Å². The number of nitrogens with zero attached hydrogens (tertiary/aromatic N) is 2. The van der Waals surface area contributed by atoms with Gasteiger partial charge in [-0.3, -0.25) is 4.79 Å². The lowest BCUT2D eigenvalue weighted by Gasteiger charge is -2.20. The first-order chi connectivity index (χ1) is 12.4. The monoisotopic (exact) mass is 454 g/mol. The van der Waals surface area contributed by atoms with Gasteiger partial charge in [-0.1, -0.05) is 6.07 Å². The Morgan fingerprint density at radius 3 is 2.64 bits per heavy atom. The Bertz CT molecular complexity index is 765. The third-order valence-electron chi connectivity index (χ3n) is 4.84. The average Bonchev–Trinajstić information content (AvgIpc) is 2.92. The number of benzene rings is 1. The molecule has 0 aliphatic carbocycles. The maximum absolute atomic E-state index is 12.9. The number of hydrogen-bond acceptors (Lipinski definition) is 6. The van der Waals surface area contributed by atoms with Gasteiger partial charge in [0, 0.05) is 31.9 Å². The summed E-state index contributed by atoms with van der Waals surface area (Å²) in [6.45, 7) is 2.91. The van der Waals surface area contributed by atoms with Crippen molar-refractivity contribution in [2.24, 2.45) is 0 Å². The molecule has 0 bridgehead atoms. The number of amides is 1. The van der Waals surface area contributed by atoms with Gasteiger partial charge in [0.25, 0.3) is 0 Å². The third kappa shape index (κ3) is 6.03. The highest BCUT2D eigenvalue weighted by Gasteiger charge is 2.29. The van der Waals surface area contributed by atoms with Crippen LogP contribution in [0.2, 0.25) is 0 Å². The van der Waals surface area contributed by atoms with Crippen molar-refractivity contribution in [1.82, 2.24) is 14.5 Å². The fourth-order valence-electron chi connectivity index (χ4n) is 3.29. The van der Waals surface area contributed by atoms with Crippen molar-refractivity contribution in [3.05, 3.63) is 24.3 Å². The largest absolute Gasteiger partial charge is 0.392 e. The van der Waals surface area contributed by atoms with Crippen molar-refractivity contribution in [2.75, 3.05) is 45.1 Å². The number of carbonyl (C=O) groups excluding carboxylic acids is 1. The van der Waals surface area contributed by atoms with Crippen LogP contribution in [0.25, 0.3) is 0 Å². The zero-order valence-electron chi connectivity index (χ0n) is 15.7. The minimum Gasteiger partial charge on any atom is -0.392 e. The fraction of sp³-hybridized carbons (Fsp3) is 0.588. The van der Waals surface area contributed by atoms with E-state index in [1.165, 1.54) is 10.4 Å². The van der Waals surface area contributed by atoms with E-state index in [0.29, 0.717) is 38.3 Å². The standard InChI is InChI=1S/C17H26N4O4S.2ClH/c1-20-6-3-7-21(9-8-20)26(24,25)15-5-2-4-13(10-15)19-17(23)16-11-14(22)12-18-16;;/h2,4-5,10,14,16,18,22H,3,6-9,11-12H2,1H3,(H,19,23);2*1H. The van der Waals surface area contributed by atoms with Gasteiger partial charge in [-0.2, -0.15) is 4.31 Å². The van der Waals surface area contributed by atoms with E-state index in [-0.39, 0.29) is 35.6 Å². The van der Waals surface area contributed by atoms with E-state index in [4.69, 9.17) is 0 Å². The van der Waals surface area contributed by atoms with Crippen LogP contribution in [0.1, 0.15) is 12.8 Å². The number of halogens is 2. The summed E-state index contributed by atoms with van der Waals surface area (Å²) < 4.78 is 27.4. The molecule has 1 aromatic carbocycles. The number of aliphatic hydroxyl groups excluding tert-OH is 1. The number of likely N-dealkylation sites (N-methyl/N-ethyl adjacent to an activating group) is 1. The Balaban J connectivity index is 0.00000196. The second kappa shape index (κ2) is 10.7. The van der Waals surface area contributed by atoms with Crippen LogP contribution in [0, 0.1) is 0 Å². The maximum Gasteiger partial charge on any atom is 0.243 e. The van der Waals surface area contributed by atoms with Crippen molar-refractivity contribution in [1.29, 1.82) is 0 Å². The van der Waals surface area contributed by atoms with Crippen LogP contribution in [0.4, 0.5) is 5.69 Å². The molecule has 28 heavy (non-hydrogen) atoms. The number of hydrogen-bond donors (Lipinski definition) is 3. The lowest BCUT2D eigenvalue weighted by Crippen LogP contribution is -2.36. The number of β-amino-alcohol motifs (C(OH)–C–C–N with tert-alkyl or cyclic N) is 1. The molecule has 0 spiro atoms. The third-order valence-corrected chi connectivity index (χ3v) is 6.74. The van der Waals surface area contributed by atoms with E-state index >= 15 is 0 Å². The van der Waals surface area contributed by atoms with Crippen LogP contribution in [-0.4, -0.2) is 80.6 Å². The summed E-state index contributed by atoms with van der Waals surface area (Å²) in [5, 5.41) is 15.2. The molecule has 2 saturated heterocycles. The highest BCUT2D eigenvalue weighted by molar-refractivity contribution is 7.89. The molecule has 0 saturated carbocycles. The van der Waals surface area contributed by atoms with Gasteiger partial charge in [0.15, 0.2) is 0 Å². The number of aliphatic hydroxyl groups is 1.